The van der Waals surface area contributed by atoms with Crippen LogP contribution in [-0.4, -0.2) is 22.8 Å². The van der Waals surface area contributed by atoms with Crippen LogP contribution in [0, 0.1) is 5.92 Å². The molecule has 4 heteroatoms. The van der Waals surface area contributed by atoms with Crippen LogP contribution in [0.4, 0.5) is 0 Å². The Balaban J connectivity index is 2.17. The average molecular weight is 314 g/mol. The van der Waals surface area contributed by atoms with E-state index in [1.807, 2.05) is 24.3 Å². The molecule has 0 aromatic heterocycles. The molecule has 23 heavy (non-hydrogen) atoms. The number of carboxylic acid groups (broad SMARTS) is 1. The van der Waals surface area contributed by atoms with Gasteiger partial charge in [-0.25, -0.2) is 0 Å². The number of aliphatic carboxylic acids is 1. The lowest BCUT2D eigenvalue weighted by Gasteiger charge is -2.14. The summed E-state index contributed by atoms with van der Waals surface area (Å²) in [6.07, 6.45) is 0.345. The number of phenols is 1. The highest BCUT2D eigenvalue weighted by atomic mass is 16.5. The summed E-state index contributed by atoms with van der Waals surface area (Å²) < 4.78 is 5.69. The van der Waals surface area contributed by atoms with Crippen molar-refractivity contribution in [2.75, 3.05) is 6.61 Å². The summed E-state index contributed by atoms with van der Waals surface area (Å²) >= 11 is 0. The Bertz CT molecular complexity index is 664. The summed E-state index contributed by atoms with van der Waals surface area (Å²) in [6.45, 7) is 4.77. The molecule has 2 aromatic rings. The normalized spacial score (nSPS) is 12.1. The highest BCUT2D eigenvalue weighted by Gasteiger charge is 2.21. The molecule has 0 spiro atoms. The summed E-state index contributed by atoms with van der Waals surface area (Å²) in [5.41, 5.74) is 1.48. The number of carboxylic acids is 1. The number of ether oxygens (including phenoxy) is 1. The van der Waals surface area contributed by atoms with E-state index in [2.05, 4.69) is 13.8 Å². The molecular weight excluding hydrogens is 292 g/mol. The lowest BCUT2D eigenvalue weighted by molar-refractivity contribution is -0.138. The second-order valence-corrected chi connectivity index (χ2v) is 6.04. The van der Waals surface area contributed by atoms with Crippen molar-refractivity contribution in [3.63, 3.8) is 0 Å². The van der Waals surface area contributed by atoms with Crippen LogP contribution in [0.3, 0.4) is 0 Å². The number of rotatable bonds is 7. The molecule has 0 bridgehead atoms. The van der Waals surface area contributed by atoms with E-state index < -0.39 is 11.9 Å². The van der Waals surface area contributed by atoms with Gasteiger partial charge in [0.25, 0.3) is 0 Å². The Morgan fingerprint density at radius 3 is 2.52 bits per heavy atom. The zero-order valence-corrected chi connectivity index (χ0v) is 13.4. The molecule has 0 radical (unpaired) electrons. The van der Waals surface area contributed by atoms with Crippen molar-refractivity contribution >= 4 is 5.97 Å². The molecule has 0 aliphatic rings. The van der Waals surface area contributed by atoms with Crippen LogP contribution in [0.15, 0.2) is 48.5 Å². The van der Waals surface area contributed by atoms with Gasteiger partial charge < -0.3 is 14.9 Å². The van der Waals surface area contributed by atoms with E-state index in [1.165, 1.54) is 12.1 Å². The van der Waals surface area contributed by atoms with Gasteiger partial charge in [0, 0.05) is 0 Å². The van der Waals surface area contributed by atoms with Crippen molar-refractivity contribution in [2.45, 2.75) is 26.2 Å². The Hall–Kier alpha value is -2.49. The van der Waals surface area contributed by atoms with Crippen LogP contribution >= 0.6 is 0 Å². The maximum absolute atomic E-state index is 11.6. The molecule has 122 valence electrons. The first-order chi connectivity index (χ1) is 11.0. The fourth-order valence-corrected chi connectivity index (χ4v) is 2.35. The summed E-state index contributed by atoms with van der Waals surface area (Å²) in [7, 11) is 0. The largest absolute Gasteiger partial charge is 0.508 e. The van der Waals surface area contributed by atoms with Crippen LogP contribution in [0.25, 0.3) is 0 Å². The molecule has 1 atom stereocenters. The number of phenolic OH excluding ortho intramolecular Hbond substituents is 1. The third-order valence-electron chi connectivity index (χ3n) is 3.49. The SMILES string of the molecule is CC(C)COc1cccc(CC(C(=O)O)c2cccc(O)c2)c1. The van der Waals surface area contributed by atoms with E-state index in [0.717, 1.165) is 11.3 Å². The van der Waals surface area contributed by atoms with Gasteiger partial charge in [0.15, 0.2) is 0 Å². The smallest absolute Gasteiger partial charge is 0.311 e. The van der Waals surface area contributed by atoms with Crippen LogP contribution < -0.4 is 4.74 Å². The van der Waals surface area contributed by atoms with Crippen molar-refractivity contribution in [1.82, 2.24) is 0 Å². The minimum atomic E-state index is -0.913. The lowest BCUT2D eigenvalue weighted by atomic mass is 9.92. The Labute approximate surface area is 136 Å². The van der Waals surface area contributed by atoms with E-state index in [0.29, 0.717) is 24.5 Å². The fourth-order valence-electron chi connectivity index (χ4n) is 2.35. The molecule has 0 heterocycles. The van der Waals surface area contributed by atoms with Crippen LogP contribution in [0.5, 0.6) is 11.5 Å². The van der Waals surface area contributed by atoms with Gasteiger partial charge in [-0.15, -0.1) is 0 Å². The van der Waals surface area contributed by atoms with Gasteiger partial charge in [0.2, 0.25) is 0 Å². The van der Waals surface area contributed by atoms with Gasteiger partial charge in [-0.1, -0.05) is 38.1 Å². The fraction of sp³-hybridized carbons (Fsp3) is 0.316. The Morgan fingerprint density at radius 2 is 1.87 bits per heavy atom. The van der Waals surface area contributed by atoms with E-state index in [1.54, 1.807) is 12.1 Å². The Morgan fingerprint density at radius 1 is 1.13 bits per heavy atom. The maximum Gasteiger partial charge on any atom is 0.311 e. The monoisotopic (exact) mass is 314 g/mol. The molecule has 0 saturated heterocycles. The summed E-state index contributed by atoms with van der Waals surface area (Å²) in [4.78, 5) is 11.6. The summed E-state index contributed by atoms with van der Waals surface area (Å²) in [5, 5.41) is 19.1. The first-order valence-corrected chi connectivity index (χ1v) is 7.69. The van der Waals surface area contributed by atoms with Gasteiger partial charge in [-0.05, 0) is 47.7 Å². The molecule has 0 aliphatic carbocycles. The minimum absolute atomic E-state index is 0.0720. The zero-order valence-electron chi connectivity index (χ0n) is 13.4. The summed E-state index contributed by atoms with van der Waals surface area (Å²) in [6, 6.07) is 13.9. The predicted octanol–water partition coefficient (Wildman–Crippen LogP) is 3.84. The molecule has 2 rings (SSSR count). The number of carbonyl (C=O) groups is 1. The maximum atomic E-state index is 11.6. The Kier molecular flexibility index (Phi) is 5.63. The first-order valence-electron chi connectivity index (χ1n) is 7.69. The average Bonchev–Trinajstić information content (AvgIpc) is 2.51. The first kappa shape index (κ1) is 16.9. The van der Waals surface area contributed by atoms with Crippen molar-refractivity contribution in [2.24, 2.45) is 5.92 Å². The summed E-state index contributed by atoms with van der Waals surface area (Å²) in [5.74, 6) is -0.372. The van der Waals surface area contributed by atoms with Gasteiger partial charge in [0.1, 0.15) is 11.5 Å². The van der Waals surface area contributed by atoms with Gasteiger partial charge >= 0.3 is 5.97 Å². The molecule has 4 nitrogen and oxygen atoms in total. The molecule has 0 amide bonds. The van der Waals surface area contributed by atoms with E-state index in [4.69, 9.17) is 4.74 Å². The third kappa shape index (κ3) is 5.02. The van der Waals surface area contributed by atoms with Crippen molar-refractivity contribution < 1.29 is 19.7 Å². The number of aromatic hydroxyl groups is 1. The molecule has 1 unspecified atom stereocenters. The quantitative estimate of drug-likeness (QED) is 0.815. The molecule has 0 fully saturated rings. The molecule has 0 saturated carbocycles. The lowest BCUT2D eigenvalue weighted by Crippen LogP contribution is -2.14. The second-order valence-electron chi connectivity index (χ2n) is 6.04. The highest BCUT2D eigenvalue weighted by Crippen LogP contribution is 2.26. The molecule has 2 aromatic carbocycles. The molecular formula is C19H22O4. The van der Waals surface area contributed by atoms with Crippen molar-refractivity contribution in [3.8, 4) is 11.5 Å². The topological polar surface area (TPSA) is 66.8 Å². The highest BCUT2D eigenvalue weighted by molar-refractivity contribution is 5.76. The van der Waals surface area contributed by atoms with Gasteiger partial charge in [0.05, 0.1) is 12.5 Å². The minimum Gasteiger partial charge on any atom is -0.508 e. The van der Waals surface area contributed by atoms with Crippen LogP contribution in [0.1, 0.15) is 30.9 Å². The second kappa shape index (κ2) is 7.68. The van der Waals surface area contributed by atoms with Crippen molar-refractivity contribution in [1.29, 1.82) is 0 Å². The number of benzene rings is 2. The van der Waals surface area contributed by atoms with E-state index >= 15 is 0 Å². The molecule has 0 aliphatic heterocycles. The van der Waals surface area contributed by atoms with Crippen molar-refractivity contribution in [3.05, 3.63) is 59.7 Å². The zero-order chi connectivity index (χ0) is 16.8. The van der Waals surface area contributed by atoms with Crippen LogP contribution in [-0.2, 0) is 11.2 Å². The number of hydrogen-bond donors (Lipinski definition) is 2. The van der Waals surface area contributed by atoms with Gasteiger partial charge in [-0.2, -0.15) is 0 Å². The van der Waals surface area contributed by atoms with Crippen LogP contribution in [0.2, 0.25) is 0 Å². The van der Waals surface area contributed by atoms with Gasteiger partial charge in [-0.3, -0.25) is 4.79 Å². The number of hydrogen-bond acceptors (Lipinski definition) is 3. The van der Waals surface area contributed by atoms with E-state index in [9.17, 15) is 15.0 Å². The third-order valence-corrected chi connectivity index (χ3v) is 3.49. The molecule has 2 N–H and O–H groups in total. The standard InChI is InChI=1S/C19H22O4/c1-13(2)12-23-17-8-3-5-14(9-17)10-18(19(21)22)15-6-4-7-16(20)11-15/h3-9,11,13,18,20H,10,12H2,1-2H3,(H,21,22). The van der Waals surface area contributed by atoms with E-state index in [-0.39, 0.29) is 5.75 Å². The predicted molar refractivity (Wildman–Crippen MR) is 89.0 cm³/mol.